The Labute approximate surface area is 136 Å². The van der Waals surface area contributed by atoms with Gasteiger partial charge in [0.15, 0.2) is 0 Å². The molecule has 0 spiro atoms. The maximum absolute atomic E-state index is 11.9. The number of carbonyl (C=O) groups is 1. The molecule has 0 atom stereocenters. The molecule has 0 saturated heterocycles. The van der Waals surface area contributed by atoms with E-state index in [1.165, 1.54) is 4.68 Å². The highest BCUT2D eigenvalue weighted by Gasteiger charge is 2.19. The average molecular weight is 335 g/mol. The molecular formula is C15H12Cl2N4O. The molecule has 1 heterocycles. The third kappa shape index (κ3) is 2.33. The summed E-state index contributed by atoms with van der Waals surface area (Å²) in [6, 6.07) is 10.8. The lowest BCUT2D eigenvalue weighted by atomic mass is 10.0. The quantitative estimate of drug-likeness (QED) is 0.429. The molecule has 0 unspecified atom stereocenters. The SMILES string of the molecule is Cn1nc2c(-c3ccc(Cl)cc3Cl)cccc2c1C(=O)NN. The van der Waals surface area contributed by atoms with Gasteiger partial charge in [-0.2, -0.15) is 5.10 Å². The molecule has 0 radical (unpaired) electrons. The van der Waals surface area contributed by atoms with Crippen LogP contribution in [0.4, 0.5) is 0 Å². The van der Waals surface area contributed by atoms with E-state index in [0.717, 1.165) is 11.1 Å². The van der Waals surface area contributed by atoms with Gasteiger partial charge in [-0.3, -0.25) is 14.9 Å². The Bertz CT molecular complexity index is 889. The van der Waals surface area contributed by atoms with E-state index in [-0.39, 0.29) is 0 Å². The lowest BCUT2D eigenvalue weighted by Gasteiger charge is -2.06. The second-order valence-corrected chi connectivity index (χ2v) is 5.62. The van der Waals surface area contributed by atoms with Gasteiger partial charge >= 0.3 is 0 Å². The van der Waals surface area contributed by atoms with Crippen molar-refractivity contribution in [2.75, 3.05) is 0 Å². The van der Waals surface area contributed by atoms with Crippen LogP contribution < -0.4 is 11.3 Å². The van der Waals surface area contributed by atoms with E-state index in [2.05, 4.69) is 10.5 Å². The van der Waals surface area contributed by atoms with Crippen molar-refractivity contribution in [2.24, 2.45) is 12.9 Å². The van der Waals surface area contributed by atoms with E-state index < -0.39 is 5.91 Å². The van der Waals surface area contributed by atoms with E-state index in [9.17, 15) is 4.79 Å². The lowest BCUT2D eigenvalue weighted by molar-refractivity contribution is 0.0946. The van der Waals surface area contributed by atoms with Gasteiger partial charge in [0.2, 0.25) is 0 Å². The van der Waals surface area contributed by atoms with Gasteiger partial charge in [-0.25, -0.2) is 5.84 Å². The Morgan fingerprint density at radius 2 is 2.00 bits per heavy atom. The Kier molecular flexibility index (Phi) is 3.78. The molecule has 3 rings (SSSR count). The number of nitrogens with two attached hydrogens (primary N) is 1. The molecule has 5 nitrogen and oxygen atoms in total. The van der Waals surface area contributed by atoms with Crippen LogP contribution in [-0.4, -0.2) is 15.7 Å². The minimum atomic E-state index is -0.399. The van der Waals surface area contributed by atoms with Gasteiger partial charge in [-0.15, -0.1) is 0 Å². The molecule has 3 N–H and O–H groups in total. The minimum absolute atomic E-state index is 0.393. The van der Waals surface area contributed by atoms with E-state index >= 15 is 0 Å². The fourth-order valence-corrected chi connectivity index (χ4v) is 2.99. The number of nitrogen functional groups attached to an aromatic ring is 1. The Morgan fingerprint density at radius 3 is 2.68 bits per heavy atom. The van der Waals surface area contributed by atoms with Gasteiger partial charge in [-0.05, 0) is 12.1 Å². The average Bonchev–Trinajstić information content (AvgIpc) is 2.82. The third-order valence-corrected chi connectivity index (χ3v) is 3.98. The first-order chi connectivity index (χ1) is 10.5. The van der Waals surface area contributed by atoms with Crippen molar-refractivity contribution in [3.05, 3.63) is 52.1 Å². The van der Waals surface area contributed by atoms with Crippen LogP contribution in [0.25, 0.3) is 22.0 Å². The van der Waals surface area contributed by atoms with E-state index in [0.29, 0.717) is 26.6 Å². The normalized spacial score (nSPS) is 10.9. The summed E-state index contributed by atoms with van der Waals surface area (Å²) in [6.07, 6.45) is 0. The number of amides is 1. The Morgan fingerprint density at radius 1 is 1.23 bits per heavy atom. The Hall–Kier alpha value is -2.08. The largest absolute Gasteiger partial charge is 0.289 e. The van der Waals surface area contributed by atoms with Gasteiger partial charge in [-0.1, -0.05) is 47.5 Å². The fourth-order valence-electron chi connectivity index (χ4n) is 2.48. The predicted octanol–water partition coefficient (Wildman–Crippen LogP) is 3.15. The predicted molar refractivity (Wildman–Crippen MR) is 87.8 cm³/mol. The number of nitrogens with one attached hydrogen (secondary N) is 1. The molecule has 0 aliphatic heterocycles. The van der Waals surface area contributed by atoms with Gasteiger partial charge in [0, 0.05) is 33.6 Å². The molecule has 7 heteroatoms. The molecule has 0 aliphatic carbocycles. The maximum Gasteiger partial charge on any atom is 0.284 e. The molecule has 1 amide bonds. The standard InChI is InChI=1S/C15H12Cl2N4O/c1-21-14(15(22)19-18)11-4-2-3-10(13(11)20-21)9-6-5-8(16)7-12(9)17/h2-7H,18H2,1H3,(H,19,22). The Balaban J connectivity index is 2.30. The van der Waals surface area contributed by atoms with Crippen LogP contribution in [0.1, 0.15) is 10.5 Å². The highest BCUT2D eigenvalue weighted by Crippen LogP contribution is 2.35. The zero-order valence-corrected chi connectivity index (χ0v) is 13.1. The number of aromatic nitrogens is 2. The summed E-state index contributed by atoms with van der Waals surface area (Å²) in [5.41, 5.74) is 4.83. The van der Waals surface area contributed by atoms with Crippen molar-refractivity contribution in [2.45, 2.75) is 0 Å². The number of nitrogens with zero attached hydrogens (tertiary/aromatic N) is 2. The number of benzene rings is 2. The van der Waals surface area contributed by atoms with Crippen molar-refractivity contribution in [1.82, 2.24) is 15.2 Å². The summed E-state index contributed by atoms with van der Waals surface area (Å²) in [4.78, 5) is 11.9. The number of carbonyl (C=O) groups excluding carboxylic acids is 1. The second kappa shape index (κ2) is 5.61. The molecule has 0 fully saturated rings. The number of aryl methyl sites for hydroxylation is 1. The van der Waals surface area contributed by atoms with Crippen LogP contribution in [0.15, 0.2) is 36.4 Å². The fraction of sp³-hybridized carbons (Fsp3) is 0.0667. The molecule has 3 aromatic rings. The number of hydrogen-bond acceptors (Lipinski definition) is 3. The van der Waals surface area contributed by atoms with Crippen molar-refractivity contribution in [3.8, 4) is 11.1 Å². The molecule has 2 aromatic carbocycles. The zero-order valence-electron chi connectivity index (χ0n) is 11.6. The van der Waals surface area contributed by atoms with Crippen LogP contribution in [0, 0.1) is 0 Å². The number of hydrazine groups is 1. The molecule has 112 valence electrons. The minimum Gasteiger partial charge on any atom is -0.289 e. The van der Waals surface area contributed by atoms with Gasteiger partial charge < -0.3 is 0 Å². The van der Waals surface area contributed by atoms with Crippen LogP contribution in [0.5, 0.6) is 0 Å². The molecule has 0 saturated carbocycles. The van der Waals surface area contributed by atoms with Crippen molar-refractivity contribution >= 4 is 40.0 Å². The number of hydrogen-bond donors (Lipinski definition) is 2. The first-order valence-corrected chi connectivity index (χ1v) is 7.20. The molecular weight excluding hydrogens is 323 g/mol. The number of rotatable bonds is 2. The summed E-state index contributed by atoms with van der Waals surface area (Å²) < 4.78 is 1.50. The van der Waals surface area contributed by atoms with Crippen LogP contribution in [-0.2, 0) is 7.05 Å². The molecule has 0 aliphatic rings. The second-order valence-electron chi connectivity index (χ2n) is 4.77. The number of halogens is 2. The van der Waals surface area contributed by atoms with E-state index in [4.69, 9.17) is 29.0 Å². The van der Waals surface area contributed by atoms with Crippen LogP contribution >= 0.6 is 23.2 Å². The maximum atomic E-state index is 11.9. The van der Waals surface area contributed by atoms with Crippen molar-refractivity contribution in [1.29, 1.82) is 0 Å². The van der Waals surface area contributed by atoms with Gasteiger partial charge in [0.05, 0.1) is 0 Å². The third-order valence-electron chi connectivity index (χ3n) is 3.43. The smallest absolute Gasteiger partial charge is 0.284 e. The molecule has 1 aromatic heterocycles. The van der Waals surface area contributed by atoms with Gasteiger partial charge in [0.25, 0.3) is 5.91 Å². The summed E-state index contributed by atoms with van der Waals surface area (Å²) in [5.74, 6) is 4.84. The number of fused-ring (bicyclic) bond motifs is 1. The van der Waals surface area contributed by atoms with E-state index in [1.54, 1.807) is 19.2 Å². The highest BCUT2D eigenvalue weighted by atomic mass is 35.5. The highest BCUT2D eigenvalue weighted by molar-refractivity contribution is 6.36. The monoisotopic (exact) mass is 334 g/mol. The molecule has 0 bridgehead atoms. The molecule has 22 heavy (non-hydrogen) atoms. The summed E-state index contributed by atoms with van der Waals surface area (Å²) in [5, 5.41) is 6.22. The van der Waals surface area contributed by atoms with E-state index in [1.807, 2.05) is 24.3 Å². The summed E-state index contributed by atoms with van der Waals surface area (Å²) in [6.45, 7) is 0. The zero-order chi connectivity index (χ0) is 15.9. The summed E-state index contributed by atoms with van der Waals surface area (Å²) in [7, 11) is 1.69. The van der Waals surface area contributed by atoms with Crippen LogP contribution in [0.3, 0.4) is 0 Å². The summed E-state index contributed by atoms with van der Waals surface area (Å²) >= 11 is 12.2. The van der Waals surface area contributed by atoms with Crippen LogP contribution in [0.2, 0.25) is 10.0 Å². The first-order valence-electron chi connectivity index (χ1n) is 6.45. The first kappa shape index (κ1) is 14.8. The lowest BCUT2D eigenvalue weighted by Crippen LogP contribution is -2.31. The van der Waals surface area contributed by atoms with Crippen molar-refractivity contribution in [3.63, 3.8) is 0 Å². The van der Waals surface area contributed by atoms with Crippen molar-refractivity contribution < 1.29 is 4.79 Å². The van der Waals surface area contributed by atoms with Gasteiger partial charge in [0.1, 0.15) is 11.2 Å². The topological polar surface area (TPSA) is 72.9 Å².